The van der Waals surface area contributed by atoms with Gasteiger partial charge in [0.1, 0.15) is 12.2 Å². The van der Waals surface area contributed by atoms with Gasteiger partial charge >= 0.3 is 5.97 Å². The van der Waals surface area contributed by atoms with E-state index in [0.29, 0.717) is 12.4 Å². The third-order valence-corrected chi connectivity index (χ3v) is 9.19. The van der Waals surface area contributed by atoms with Crippen LogP contribution in [0.4, 0.5) is 0 Å². The van der Waals surface area contributed by atoms with Crippen molar-refractivity contribution in [3.8, 4) is 0 Å². The molecule has 4 heteroatoms. The molecule has 0 bridgehead atoms. The van der Waals surface area contributed by atoms with Gasteiger partial charge in [-0.1, -0.05) is 89.0 Å². The Morgan fingerprint density at radius 3 is 1.76 bits per heavy atom. The number of esters is 1. The molecule has 0 radical (unpaired) electrons. The van der Waals surface area contributed by atoms with Crippen LogP contribution in [0.3, 0.4) is 0 Å². The van der Waals surface area contributed by atoms with Crippen LogP contribution < -0.4 is 0 Å². The summed E-state index contributed by atoms with van der Waals surface area (Å²) in [5.41, 5.74) is -1.18. The molecule has 0 aromatic carbocycles. The van der Waals surface area contributed by atoms with Crippen LogP contribution >= 0.6 is 0 Å². The topological polar surface area (TPSA) is 52.6 Å². The Kier molecular flexibility index (Phi) is 12.9. The average molecular weight is 483 g/mol. The molecule has 0 saturated heterocycles. The summed E-state index contributed by atoms with van der Waals surface area (Å²) in [6.07, 6.45) is 6.06. The van der Waals surface area contributed by atoms with Gasteiger partial charge in [-0.3, -0.25) is 9.59 Å². The third-order valence-electron chi connectivity index (χ3n) is 9.19. The Labute approximate surface area is 212 Å². The van der Waals surface area contributed by atoms with Crippen LogP contribution in [0.25, 0.3) is 0 Å². The first-order valence-corrected chi connectivity index (χ1v) is 13.8. The number of hydrogen-bond acceptors (Lipinski definition) is 4. The predicted octanol–water partition coefficient (Wildman–Crippen LogP) is 8.61. The highest BCUT2D eigenvalue weighted by Gasteiger charge is 2.56. The van der Waals surface area contributed by atoms with Gasteiger partial charge in [0.25, 0.3) is 6.47 Å². The number of hydrogen-bond donors (Lipinski definition) is 0. The van der Waals surface area contributed by atoms with Crippen LogP contribution in [0, 0.1) is 33.5 Å². The second kappa shape index (κ2) is 13.3. The fourth-order valence-corrected chi connectivity index (χ4v) is 6.18. The van der Waals surface area contributed by atoms with Gasteiger partial charge in [-0.2, -0.15) is 0 Å². The van der Waals surface area contributed by atoms with Gasteiger partial charge in [0.05, 0.1) is 5.41 Å². The summed E-state index contributed by atoms with van der Waals surface area (Å²) >= 11 is 0. The first-order valence-electron chi connectivity index (χ1n) is 13.8. The van der Waals surface area contributed by atoms with Crippen molar-refractivity contribution in [2.75, 3.05) is 0 Å². The van der Waals surface area contributed by atoms with E-state index in [4.69, 9.17) is 9.47 Å². The maximum Gasteiger partial charge on any atom is 0.312 e. The SMILES string of the molecule is CCC(C)CC(CC)OC(=O)C(C)(C)C(C)C(CC)(CC)C(OC=O)C(C)(C)CC(C)(C)CC. The van der Waals surface area contributed by atoms with E-state index in [0.717, 1.165) is 44.9 Å². The molecule has 0 amide bonds. The molecule has 0 aromatic rings. The Morgan fingerprint density at radius 2 is 1.38 bits per heavy atom. The van der Waals surface area contributed by atoms with E-state index in [1.54, 1.807) is 0 Å². The van der Waals surface area contributed by atoms with Gasteiger partial charge in [0.15, 0.2) is 0 Å². The lowest BCUT2D eigenvalue weighted by Crippen LogP contribution is -2.55. The van der Waals surface area contributed by atoms with E-state index in [2.05, 4.69) is 76.2 Å². The molecular weight excluding hydrogens is 424 g/mol. The molecule has 202 valence electrons. The molecule has 0 aliphatic rings. The van der Waals surface area contributed by atoms with Gasteiger partial charge in [-0.25, -0.2) is 0 Å². The van der Waals surface area contributed by atoms with Crippen molar-refractivity contribution < 1.29 is 19.1 Å². The first kappa shape index (κ1) is 32.9. The summed E-state index contributed by atoms with van der Waals surface area (Å²) < 4.78 is 12.1. The predicted molar refractivity (Wildman–Crippen MR) is 144 cm³/mol. The zero-order valence-electron chi connectivity index (χ0n) is 25.0. The molecule has 0 aromatic heterocycles. The van der Waals surface area contributed by atoms with Crippen molar-refractivity contribution in [3.05, 3.63) is 0 Å². The van der Waals surface area contributed by atoms with E-state index < -0.39 is 5.41 Å². The fourth-order valence-electron chi connectivity index (χ4n) is 6.18. The number of carbonyl (C=O) groups is 2. The van der Waals surface area contributed by atoms with Crippen molar-refractivity contribution in [2.24, 2.45) is 33.5 Å². The maximum absolute atomic E-state index is 13.6. The lowest BCUT2D eigenvalue weighted by molar-refractivity contribution is -0.183. The zero-order valence-corrected chi connectivity index (χ0v) is 25.0. The monoisotopic (exact) mass is 482 g/mol. The van der Waals surface area contributed by atoms with Crippen LogP contribution in [-0.4, -0.2) is 24.6 Å². The molecule has 0 aliphatic carbocycles. The second-order valence-electron chi connectivity index (χ2n) is 12.9. The molecule has 4 nitrogen and oxygen atoms in total. The van der Waals surface area contributed by atoms with Gasteiger partial charge in [0, 0.05) is 10.8 Å². The summed E-state index contributed by atoms with van der Waals surface area (Å²) in [7, 11) is 0. The van der Waals surface area contributed by atoms with Gasteiger partial charge in [0.2, 0.25) is 0 Å². The zero-order chi connectivity index (χ0) is 27.0. The van der Waals surface area contributed by atoms with Crippen LogP contribution in [0.1, 0.15) is 135 Å². The highest BCUT2D eigenvalue weighted by molar-refractivity contribution is 5.76. The summed E-state index contributed by atoms with van der Waals surface area (Å²) in [6.45, 7) is 28.8. The molecule has 0 heterocycles. The van der Waals surface area contributed by atoms with E-state index in [1.165, 1.54) is 0 Å². The maximum atomic E-state index is 13.6. The lowest BCUT2D eigenvalue weighted by Gasteiger charge is -2.54. The highest BCUT2D eigenvalue weighted by Crippen LogP contribution is 2.55. The van der Waals surface area contributed by atoms with Gasteiger partial charge in [-0.15, -0.1) is 0 Å². The quantitative estimate of drug-likeness (QED) is 0.154. The standard InChI is InChI=1S/C30H58O4/c1-14-22(6)19-24(15-2)34-26(32)29(12,13)23(7)30(17-4,18-5)25(33-21-31)28(10,11)20-27(8,9)16-3/h21-25H,14-20H2,1-13H3. The first-order chi connectivity index (χ1) is 15.5. The Hall–Kier alpha value is -1.06. The summed E-state index contributed by atoms with van der Waals surface area (Å²) in [5, 5.41) is 0. The van der Waals surface area contributed by atoms with Crippen LogP contribution in [0.5, 0.6) is 0 Å². The number of ether oxygens (including phenoxy) is 2. The van der Waals surface area contributed by atoms with E-state index in [-0.39, 0.29) is 40.3 Å². The van der Waals surface area contributed by atoms with Crippen molar-refractivity contribution >= 4 is 12.4 Å². The lowest BCUT2D eigenvalue weighted by atomic mass is 9.53. The average Bonchev–Trinajstić information content (AvgIpc) is 2.77. The Balaban J connectivity index is 6.27. The van der Waals surface area contributed by atoms with Crippen molar-refractivity contribution in [3.63, 3.8) is 0 Å². The molecule has 4 unspecified atom stereocenters. The Morgan fingerprint density at radius 1 is 0.853 bits per heavy atom. The van der Waals surface area contributed by atoms with E-state index >= 15 is 0 Å². The van der Waals surface area contributed by atoms with Gasteiger partial charge in [-0.05, 0) is 63.2 Å². The molecule has 0 aliphatic heterocycles. The smallest absolute Gasteiger partial charge is 0.312 e. The fraction of sp³-hybridized carbons (Fsp3) is 0.933. The largest absolute Gasteiger partial charge is 0.463 e. The summed E-state index contributed by atoms with van der Waals surface area (Å²) in [4.78, 5) is 25.4. The second-order valence-corrected chi connectivity index (χ2v) is 12.9. The minimum absolute atomic E-state index is 0.0439. The summed E-state index contributed by atoms with van der Waals surface area (Å²) in [5.74, 6) is 0.340. The minimum atomic E-state index is -0.713. The Bertz CT molecular complexity index is 615. The van der Waals surface area contributed by atoms with Crippen molar-refractivity contribution in [1.82, 2.24) is 0 Å². The van der Waals surface area contributed by atoms with Crippen molar-refractivity contribution in [2.45, 2.75) is 147 Å². The number of rotatable bonds is 17. The molecular formula is C30H58O4. The normalized spacial score (nSPS) is 17.0. The van der Waals surface area contributed by atoms with Crippen LogP contribution in [-0.2, 0) is 19.1 Å². The number of carbonyl (C=O) groups excluding carboxylic acids is 2. The van der Waals surface area contributed by atoms with Crippen molar-refractivity contribution in [1.29, 1.82) is 0 Å². The van der Waals surface area contributed by atoms with Crippen LogP contribution in [0.15, 0.2) is 0 Å². The molecule has 0 rings (SSSR count). The van der Waals surface area contributed by atoms with Crippen LogP contribution in [0.2, 0.25) is 0 Å². The third kappa shape index (κ3) is 7.98. The van der Waals surface area contributed by atoms with Gasteiger partial charge < -0.3 is 9.47 Å². The minimum Gasteiger partial charge on any atom is -0.463 e. The molecule has 0 fully saturated rings. The molecule has 0 N–H and O–H groups in total. The molecule has 4 atom stereocenters. The van der Waals surface area contributed by atoms with E-state index in [9.17, 15) is 9.59 Å². The molecule has 34 heavy (non-hydrogen) atoms. The van der Waals surface area contributed by atoms with E-state index in [1.807, 2.05) is 13.8 Å². The summed E-state index contributed by atoms with van der Waals surface area (Å²) in [6, 6.07) is 0. The molecule has 0 saturated carbocycles. The molecule has 0 spiro atoms. The highest BCUT2D eigenvalue weighted by atomic mass is 16.5.